The first-order valence-corrected chi connectivity index (χ1v) is 6.51. The van der Waals surface area contributed by atoms with Crippen molar-refractivity contribution in [1.82, 2.24) is 4.90 Å². The van der Waals surface area contributed by atoms with E-state index in [0.717, 1.165) is 32.7 Å². The van der Waals surface area contributed by atoms with Crippen molar-refractivity contribution in [1.29, 1.82) is 0 Å². The Morgan fingerprint density at radius 1 is 1.24 bits per heavy atom. The fourth-order valence-electron chi connectivity index (χ4n) is 2.27. The molecule has 0 aromatic heterocycles. The summed E-state index contributed by atoms with van der Waals surface area (Å²) in [4.78, 5) is 4.49. The average molecular weight is 257 g/mol. The highest BCUT2D eigenvalue weighted by Crippen LogP contribution is 2.26. The van der Waals surface area contributed by atoms with E-state index >= 15 is 0 Å². The first-order chi connectivity index (χ1) is 8.22. The van der Waals surface area contributed by atoms with E-state index in [1.165, 1.54) is 6.42 Å². The average Bonchev–Trinajstić information content (AvgIpc) is 2.34. The van der Waals surface area contributed by atoms with E-state index in [0.29, 0.717) is 5.69 Å². The highest BCUT2D eigenvalue weighted by atomic mass is 35.5. The molecular formula is C13H18ClFN2. The second-order valence-electron chi connectivity index (χ2n) is 4.40. The van der Waals surface area contributed by atoms with Gasteiger partial charge in [-0.15, -0.1) is 0 Å². The maximum absolute atomic E-state index is 13.8. The second kappa shape index (κ2) is 5.69. The van der Waals surface area contributed by atoms with Crippen molar-refractivity contribution in [3.63, 3.8) is 0 Å². The van der Waals surface area contributed by atoms with Crippen LogP contribution >= 0.6 is 11.6 Å². The number of piperazine rings is 1. The van der Waals surface area contributed by atoms with Crippen LogP contribution in [0.1, 0.15) is 13.3 Å². The SMILES string of the molecule is CCCN1CCN(c2cccc(Cl)c2F)CC1. The summed E-state index contributed by atoms with van der Waals surface area (Å²) in [5.74, 6) is -0.293. The Bertz CT molecular complexity index is 376. The Labute approximate surface area is 107 Å². The normalized spacial score (nSPS) is 17.5. The van der Waals surface area contributed by atoms with Gasteiger partial charge in [0.1, 0.15) is 0 Å². The molecule has 0 amide bonds. The Morgan fingerprint density at radius 2 is 1.94 bits per heavy atom. The Kier molecular flexibility index (Phi) is 4.24. The fraction of sp³-hybridized carbons (Fsp3) is 0.538. The van der Waals surface area contributed by atoms with Gasteiger partial charge in [0.05, 0.1) is 10.7 Å². The number of halogens is 2. The van der Waals surface area contributed by atoms with Crippen LogP contribution in [0.25, 0.3) is 0 Å². The van der Waals surface area contributed by atoms with Gasteiger partial charge in [0.25, 0.3) is 0 Å². The molecule has 0 atom stereocenters. The van der Waals surface area contributed by atoms with E-state index in [4.69, 9.17) is 11.6 Å². The molecule has 17 heavy (non-hydrogen) atoms. The molecule has 4 heteroatoms. The van der Waals surface area contributed by atoms with Crippen molar-refractivity contribution in [2.75, 3.05) is 37.6 Å². The maximum Gasteiger partial charge on any atom is 0.165 e. The molecule has 1 saturated heterocycles. The second-order valence-corrected chi connectivity index (χ2v) is 4.81. The number of hydrogen-bond donors (Lipinski definition) is 0. The highest BCUT2D eigenvalue weighted by Gasteiger charge is 2.19. The molecule has 0 unspecified atom stereocenters. The third kappa shape index (κ3) is 2.90. The number of anilines is 1. The van der Waals surface area contributed by atoms with Crippen LogP contribution in [-0.2, 0) is 0 Å². The first kappa shape index (κ1) is 12.7. The smallest absolute Gasteiger partial charge is 0.165 e. The molecule has 0 bridgehead atoms. The molecule has 1 fully saturated rings. The van der Waals surface area contributed by atoms with E-state index in [-0.39, 0.29) is 10.8 Å². The summed E-state index contributed by atoms with van der Waals surface area (Å²) in [6.45, 7) is 7.06. The lowest BCUT2D eigenvalue weighted by atomic mass is 10.2. The maximum atomic E-state index is 13.8. The minimum absolute atomic E-state index is 0.207. The van der Waals surface area contributed by atoms with Crippen LogP contribution in [0, 0.1) is 5.82 Å². The van der Waals surface area contributed by atoms with Gasteiger partial charge in [0, 0.05) is 26.2 Å². The van der Waals surface area contributed by atoms with E-state index in [1.807, 2.05) is 0 Å². The van der Waals surface area contributed by atoms with E-state index in [1.54, 1.807) is 18.2 Å². The lowest BCUT2D eigenvalue weighted by molar-refractivity contribution is 0.258. The summed E-state index contributed by atoms with van der Waals surface area (Å²) in [6.07, 6.45) is 1.17. The molecule has 1 aliphatic heterocycles. The fourth-order valence-corrected chi connectivity index (χ4v) is 2.43. The topological polar surface area (TPSA) is 6.48 Å². The lowest BCUT2D eigenvalue weighted by Crippen LogP contribution is -2.46. The molecule has 0 saturated carbocycles. The van der Waals surface area contributed by atoms with Gasteiger partial charge in [-0.3, -0.25) is 4.90 Å². The van der Waals surface area contributed by atoms with Crippen LogP contribution in [-0.4, -0.2) is 37.6 Å². The molecule has 0 spiro atoms. The summed E-state index contributed by atoms with van der Waals surface area (Å²) >= 11 is 5.80. The first-order valence-electron chi connectivity index (χ1n) is 6.13. The summed E-state index contributed by atoms with van der Waals surface area (Å²) < 4.78 is 13.8. The summed E-state index contributed by atoms with van der Waals surface area (Å²) in [5.41, 5.74) is 0.633. The Hall–Kier alpha value is -0.800. The van der Waals surface area contributed by atoms with E-state index in [2.05, 4.69) is 16.7 Å². The van der Waals surface area contributed by atoms with E-state index in [9.17, 15) is 4.39 Å². The third-order valence-electron chi connectivity index (χ3n) is 3.18. The predicted molar refractivity (Wildman–Crippen MR) is 70.4 cm³/mol. The number of hydrogen-bond acceptors (Lipinski definition) is 2. The van der Waals surface area contributed by atoms with Crippen LogP contribution in [0.15, 0.2) is 18.2 Å². The summed E-state index contributed by atoms with van der Waals surface area (Å²) in [6, 6.07) is 5.20. The monoisotopic (exact) mass is 256 g/mol. The van der Waals surface area contributed by atoms with Crippen molar-refractivity contribution in [2.24, 2.45) is 0 Å². The molecule has 0 aliphatic carbocycles. The quantitative estimate of drug-likeness (QED) is 0.820. The summed E-state index contributed by atoms with van der Waals surface area (Å²) in [5, 5.41) is 0.207. The van der Waals surface area contributed by atoms with Crippen LogP contribution < -0.4 is 4.90 Å². The molecule has 0 N–H and O–H groups in total. The Balaban J connectivity index is 2.03. The number of rotatable bonds is 3. The van der Waals surface area contributed by atoms with Gasteiger partial charge in [-0.2, -0.15) is 0 Å². The van der Waals surface area contributed by atoms with Crippen molar-refractivity contribution >= 4 is 17.3 Å². The number of nitrogens with zero attached hydrogens (tertiary/aromatic N) is 2. The van der Waals surface area contributed by atoms with Gasteiger partial charge < -0.3 is 4.90 Å². The van der Waals surface area contributed by atoms with Crippen molar-refractivity contribution < 1.29 is 4.39 Å². The predicted octanol–water partition coefficient (Wildman–Crippen LogP) is 3.01. The molecule has 1 aromatic rings. The van der Waals surface area contributed by atoms with Gasteiger partial charge in [0.15, 0.2) is 5.82 Å². The Morgan fingerprint density at radius 3 is 2.59 bits per heavy atom. The van der Waals surface area contributed by atoms with Crippen LogP contribution in [0.2, 0.25) is 5.02 Å². The standard InChI is InChI=1S/C13H18ClFN2/c1-2-6-16-7-9-17(10-8-16)12-5-3-4-11(14)13(12)15/h3-5H,2,6-10H2,1H3. The molecule has 1 aromatic carbocycles. The van der Waals surface area contributed by atoms with Crippen molar-refractivity contribution in [3.8, 4) is 0 Å². The zero-order chi connectivity index (χ0) is 12.3. The van der Waals surface area contributed by atoms with Gasteiger partial charge in [-0.1, -0.05) is 24.6 Å². The molecule has 1 heterocycles. The van der Waals surface area contributed by atoms with Crippen molar-refractivity contribution in [3.05, 3.63) is 29.0 Å². The minimum atomic E-state index is -0.293. The van der Waals surface area contributed by atoms with Gasteiger partial charge >= 0.3 is 0 Å². The zero-order valence-corrected chi connectivity index (χ0v) is 10.9. The van der Waals surface area contributed by atoms with Gasteiger partial charge in [-0.25, -0.2) is 4.39 Å². The van der Waals surface area contributed by atoms with Crippen molar-refractivity contribution in [2.45, 2.75) is 13.3 Å². The van der Waals surface area contributed by atoms with Crippen LogP contribution in [0.4, 0.5) is 10.1 Å². The molecular weight excluding hydrogens is 239 g/mol. The highest BCUT2D eigenvalue weighted by molar-refractivity contribution is 6.31. The molecule has 2 nitrogen and oxygen atoms in total. The minimum Gasteiger partial charge on any atom is -0.367 e. The summed E-state index contributed by atoms with van der Waals surface area (Å²) in [7, 11) is 0. The molecule has 0 radical (unpaired) electrons. The largest absolute Gasteiger partial charge is 0.367 e. The lowest BCUT2D eigenvalue weighted by Gasteiger charge is -2.36. The number of benzene rings is 1. The van der Waals surface area contributed by atoms with E-state index < -0.39 is 0 Å². The van der Waals surface area contributed by atoms with Gasteiger partial charge in [0.2, 0.25) is 0 Å². The van der Waals surface area contributed by atoms with Crippen LogP contribution in [0.5, 0.6) is 0 Å². The van der Waals surface area contributed by atoms with Crippen LogP contribution in [0.3, 0.4) is 0 Å². The molecule has 94 valence electrons. The molecule has 2 rings (SSSR count). The van der Waals surface area contributed by atoms with Gasteiger partial charge in [-0.05, 0) is 25.1 Å². The zero-order valence-electron chi connectivity index (χ0n) is 10.1. The molecule has 1 aliphatic rings. The third-order valence-corrected chi connectivity index (χ3v) is 3.48.